The molecule has 1 aliphatic rings. The van der Waals surface area contributed by atoms with Crippen LogP contribution in [-0.2, 0) is 0 Å². The Kier molecular flexibility index (Phi) is 8.34. The lowest BCUT2D eigenvalue weighted by atomic mass is 9.81. The zero-order valence-corrected chi connectivity index (χ0v) is 43.4. The quantitative estimate of drug-likeness (QED) is 0.119. The van der Waals surface area contributed by atoms with Crippen LogP contribution in [0.15, 0.2) is 267 Å². The molecule has 0 saturated heterocycles. The summed E-state index contributed by atoms with van der Waals surface area (Å²) in [7, 11) is 0. The molecule has 0 bridgehead atoms. The van der Waals surface area contributed by atoms with Gasteiger partial charge in [0.2, 0.25) is 0 Å². The molecule has 0 aliphatic heterocycles. The summed E-state index contributed by atoms with van der Waals surface area (Å²) >= 11 is 0. The van der Waals surface area contributed by atoms with Crippen molar-refractivity contribution >= 4 is 118 Å². The lowest BCUT2D eigenvalue weighted by Crippen LogP contribution is -1.95. The first-order chi connectivity index (χ1) is 39.8. The monoisotopic (exact) mass is 1000 g/mol. The Hall–Kier alpha value is -10.4. The van der Waals surface area contributed by atoms with Gasteiger partial charge in [-0.3, -0.25) is 0 Å². The van der Waals surface area contributed by atoms with Crippen molar-refractivity contribution in [2.45, 2.75) is 0 Å². The van der Waals surface area contributed by atoms with Crippen molar-refractivity contribution in [3.63, 3.8) is 0 Å². The van der Waals surface area contributed by atoms with Gasteiger partial charge in [0, 0.05) is 0 Å². The smallest absolute Gasteiger partial charge is 0.000695 e. The van der Waals surface area contributed by atoms with E-state index in [0.29, 0.717) is 0 Å². The molecule has 364 valence electrons. The number of fused-ring (bicyclic) bond motifs is 15. The third kappa shape index (κ3) is 5.36. The Morgan fingerprint density at radius 3 is 1.09 bits per heavy atom. The van der Waals surface area contributed by atoms with E-state index >= 15 is 0 Å². The molecule has 0 heterocycles. The molecule has 18 aromatic carbocycles. The maximum Gasteiger partial charge on any atom is -0.000695 e. The van der Waals surface area contributed by atoms with Crippen LogP contribution in [0, 0.1) is 0 Å². The predicted octanol–water partition coefficient (Wildman–Crippen LogP) is 22.7. The van der Waals surface area contributed by atoms with E-state index in [9.17, 15) is 0 Å². The Bertz CT molecular complexity index is 5650. The average Bonchev–Trinajstić information content (AvgIpc) is 3.26. The molecule has 0 spiro atoms. The zero-order valence-electron chi connectivity index (χ0n) is 43.4. The molecule has 0 nitrogen and oxygen atoms in total. The van der Waals surface area contributed by atoms with Gasteiger partial charge in [0.25, 0.3) is 0 Å². The average molecular weight is 1010 g/mol. The van der Waals surface area contributed by atoms with Crippen LogP contribution in [0.2, 0.25) is 0 Å². The summed E-state index contributed by atoms with van der Waals surface area (Å²) in [5, 5.41) is 29.1. The van der Waals surface area contributed by atoms with Crippen molar-refractivity contribution in [1.29, 1.82) is 0 Å². The van der Waals surface area contributed by atoms with E-state index in [0.717, 1.165) is 0 Å². The molecular weight excluding hydrogens is 961 g/mol. The molecule has 0 aromatic heterocycles. The van der Waals surface area contributed by atoms with Crippen molar-refractivity contribution < 1.29 is 0 Å². The van der Waals surface area contributed by atoms with Crippen LogP contribution in [-0.4, -0.2) is 0 Å². The molecule has 80 heavy (non-hydrogen) atoms. The number of hydrogen-bond donors (Lipinski definition) is 0. The number of rotatable bonds is 5. The van der Waals surface area contributed by atoms with E-state index < -0.39 is 0 Å². The van der Waals surface area contributed by atoms with E-state index in [1.807, 2.05) is 0 Å². The summed E-state index contributed by atoms with van der Waals surface area (Å²) in [6.07, 6.45) is 0. The Morgan fingerprint density at radius 2 is 0.487 bits per heavy atom. The first-order valence-corrected chi connectivity index (χ1v) is 28.1. The highest BCUT2D eigenvalue weighted by atomic mass is 14.4. The highest BCUT2D eigenvalue weighted by Gasteiger charge is 2.34. The molecule has 1 aliphatic carbocycles. The molecule has 0 saturated carbocycles. The van der Waals surface area contributed by atoms with Crippen molar-refractivity contribution in [1.82, 2.24) is 0 Å². The van der Waals surface area contributed by atoms with Gasteiger partial charge in [-0.25, -0.2) is 0 Å². The zero-order chi connectivity index (χ0) is 51.9. The van der Waals surface area contributed by atoms with Crippen LogP contribution in [0.5, 0.6) is 0 Å². The molecule has 0 N–H and O–H groups in total. The molecule has 18 aromatic rings. The summed E-state index contributed by atoms with van der Waals surface area (Å²) in [5.41, 5.74) is 17.8. The second kappa shape index (κ2) is 15.6. The van der Waals surface area contributed by atoms with Crippen molar-refractivity contribution in [3.05, 3.63) is 267 Å². The van der Waals surface area contributed by atoms with E-state index in [4.69, 9.17) is 0 Å². The summed E-state index contributed by atoms with van der Waals surface area (Å²) in [4.78, 5) is 0. The van der Waals surface area contributed by atoms with Crippen molar-refractivity contribution in [3.8, 4) is 77.9 Å². The summed E-state index contributed by atoms with van der Waals surface area (Å²) in [5.74, 6) is 0. The molecule has 19 rings (SSSR count). The minimum Gasteiger partial charge on any atom is -0.0622 e. The van der Waals surface area contributed by atoms with Crippen LogP contribution in [0.4, 0.5) is 0 Å². The van der Waals surface area contributed by atoms with Gasteiger partial charge in [0.05, 0.1) is 0 Å². The molecule has 0 unspecified atom stereocenters. The Morgan fingerprint density at radius 1 is 0.138 bits per heavy atom. The van der Waals surface area contributed by atoms with Gasteiger partial charge in [-0.15, -0.1) is 0 Å². The van der Waals surface area contributed by atoms with Crippen LogP contribution < -0.4 is 0 Å². The predicted molar refractivity (Wildman–Crippen MR) is 344 cm³/mol. The Balaban J connectivity index is 0.974. The summed E-state index contributed by atoms with van der Waals surface area (Å²) in [6, 6.07) is 101. The highest BCUT2D eigenvalue weighted by molar-refractivity contribution is 6.53. The number of benzene rings is 16. The summed E-state index contributed by atoms with van der Waals surface area (Å²) < 4.78 is 0. The third-order valence-corrected chi connectivity index (χ3v) is 18.6. The fraction of sp³-hybridized carbons (Fsp3) is 0. The minimum atomic E-state index is 1.22. The van der Waals surface area contributed by atoms with Gasteiger partial charge < -0.3 is 0 Å². The second-order valence-electron chi connectivity index (χ2n) is 22.3. The van der Waals surface area contributed by atoms with E-state index in [1.165, 1.54) is 196 Å². The van der Waals surface area contributed by atoms with Crippen molar-refractivity contribution in [2.24, 2.45) is 0 Å². The normalized spacial score (nSPS) is 12.5. The topological polar surface area (TPSA) is 0 Å². The molecule has 0 amide bonds. The van der Waals surface area contributed by atoms with E-state index in [2.05, 4.69) is 267 Å². The maximum atomic E-state index is 2.51. The van der Waals surface area contributed by atoms with Gasteiger partial charge >= 0.3 is 0 Å². The minimum absolute atomic E-state index is 1.22. The van der Waals surface area contributed by atoms with Gasteiger partial charge in [0.1, 0.15) is 0 Å². The van der Waals surface area contributed by atoms with Crippen LogP contribution in [0.1, 0.15) is 0 Å². The fourth-order valence-electron chi connectivity index (χ4n) is 15.6. The van der Waals surface area contributed by atoms with Gasteiger partial charge in [0.15, 0.2) is 0 Å². The maximum absolute atomic E-state index is 2.51. The van der Waals surface area contributed by atoms with Crippen LogP contribution in [0.3, 0.4) is 0 Å². The van der Waals surface area contributed by atoms with Gasteiger partial charge in [-0.2, -0.15) is 0 Å². The largest absolute Gasteiger partial charge is 0.0622 e. The third-order valence-electron chi connectivity index (χ3n) is 18.6. The number of hydrogen-bond acceptors (Lipinski definition) is 0. The van der Waals surface area contributed by atoms with Crippen molar-refractivity contribution in [2.75, 3.05) is 0 Å². The second-order valence-corrected chi connectivity index (χ2v) is 22.3. The molecule has 0 heteroatoms. The molecular formula is C80H44. The lowest BCUT2D eigenvalue weighted by molar-refractivity contribution is 1.59. The SMILES string of the molecule is c1ccc(-c2ccccc2-c2c3c(c(-c4ccccc4)c4ccccc24)-c2ccc4c5ccc6c7c(-c8ccccc8-c8ccccc8)c8cc9ccccc9c9c%10ccccc%10c(c7c7ccc(c%10ccc-3c2c4%10)c5c67)c89)cc1. The van der Waals surface area contributed by atoms with E-state index in [-0.39, 0.29) is 0 Å². The summed E-state index contributed by atoms with van der Waals surface area (Å²) in [6.45, 7) is 0. The molecule has 0 atom stereocenters. The highest BCUT2D eigenvalue weighted by Crippen LogP contribution is 2.62. The lowest BCUT2D eigenvalue weighted by Gasteiger charge is -2.22. The van der Waals surface area contributed by atoms with E-state index in [1.54, 1.807) is 0 Å². The molecule has 0 fully saturated rings. The fourth-order valence-corrected chi connectivity index (χ4v) is 15.6. The first kappa shape index (κ1) is 42.7. The standard InChI is InChI=1S/C80H44/c1-4-20-45(21-5-1)49-27-12-14-30-52(49)71-55-33-17-16-32-54(55)67(47-24-8-3-9-25-47)76-62-40-36-58-60-38-42-64-74-65(43-39-61(70(60)74)59-37-41-63(77(71)76)73(62)69(58)59)79-75-57-35-19-18-34-56(57)68-51-29-11-10-26-48(51)44-66(80(68)75)72(78(64)79)53-31-15-13-28-50(53)46-22-6-2-7-23-46/h1-44H. The first-order valence-electron chi connectivity index (χ1n) is 28.1. The Labute approximate surface area is 460 Å². The van der Waals surface area contributed by atoms with Crippen LogP contribution in [0.25, 0.3) is 196 Å². The van der Waals surface area contributed by atoms with Crippen LogP contribution >= 0.6 is 0 Å². The molecule has 0 radical (unpaired) electrons. The van der Waals surface area contributed by atoms with Gasteiger partial charge in [-0.05, 0) is 202 Å². The van der Waals surface area contributed by atoms with Gasteiger partial charge in [-0.1, -0.05) is 261 Å².